The Kier molecular flexibility index (Phi) is 3.59. The van der Waals surface area contributed by atoms with Crippen molar-refractivity contribution in [2.24, 2.45) is 0 Å². The summed E-state index contributed by atoms with van der Waals surface area (Å²) in [4.78, 5) is 11.7. The number of aromatic nitrogens is 1. The molecule has 0 atom stereocenters. The van der Waals surface area contributed by atoms with Crippen LogP contribution in [0.5, 0.6) is 0 Å². The number of thiophene rings is 1. The number of hydrogen-bond donors (Lipinski definition) is 1. The zero-order chi connectivity index (χ0) is 11.5. The average Bonchev–Trinajstić information content (AvgIpc) is 2.84. The standard InChI is InChI=1S/C10H9IN2O2S/c1-6-2-8(13-15-6)4-12-10(14)7-3-9(11)16-5-7/h2-3,5H,4H2,1H3,(H,12,14). The van der Waals surface area contributed by atoms with Crippen LogP contribution in [0.2, 0.25) is 0 Å². The minimum Gasteiger partial charge on any atom is -0.361 e. The van der Waals surface area contributed by atoms with E-state index >= 15 is 0 Å². The first-order chi connectivity index (χ1) is 7.65. The van der Waals surface area contributed by atoms with Crippen molar-refractivity contribution in [2.45, 2.75) is 13.5 Å². The molecule has 2 aromatic rings. The third kappa shape index (κ3) is 2.82. The van der Waals surface area contributed by atoms with E-state index in [-0.39, 0.29) is 5.91 Å². The van der Waals surface area contributed by atoms with Crippen molar-refractivity contribution in [3.63, 3.8) is 0 Å². The Hall–Kier alpha value is -0.890. The molecule has 0 unspecified atom stereocenters. The lowest BCUT2D eigenvalue weighted by atomic mass is 10.3. The van der Waals surface area contributed by atoms with E-state index in [1.54, 1.807) is 17.4 Å². The number of nitrogens with one attached hydrogen (secondary N) is 1. The third-order valence-electron chi connectivity index (χ3n) is 1.94. The normalized spacial score (nSPS) is 10.4. The van der Waals surface area contributed by atoms with Gasteiger partial charge < -0.3 is 9.84 Å². The molecule has 0 aliphatic heterocycles. The second-order valence-electron chi connectivity index (χ2n) is 3.25. The topological polar surface area (TPSA) is 55.1 Å². The molecule has 16 heavy (non-hydrogen) atoms. The molecular weight excluding hydrogens is 339 g/mol. The van der Waals surface area contributed by atoms with Crippen molar-refractivity contribution >= 4 is 39.8 Å². The SMILES string of the molecule is Cc1cc(CNC(=O)c2csc(I)c2)no1. The smallest absolute Gasteiger partial charge is 0.252 e. The predicted octanol–water partition coefficient (Wildman–Crippen LogP) is 2.58. The molecule has 0 aromatic carbocycles. The van der Waals surface area contributed by atoms with Crippen molar-refractivity contribution in [3.05, 3.63) is 37.4 Å². The molecule has 1 N–H and O–H groups in total. The maximum Gasteiger partial charge on any atom is 0.252 e. The number of aryl methyl sites for hydroxylation is 1. The van der Waals surface area contributed by atoms with Crippen LogP contribution in [0.3, 0.4) is 0 Å². The third-order valence-corrected chi connectivity index (χ3v) is 3.73. The number of carbonyl (C=O) groups excluding carboxylic acids is 1. The van der Waals surface area contributed by atoms with Gasteiger partial charge in [0.1, 0.15) is 11.5 Å². The lowest BCUT2D eigenvalue weighted by Gasteiger charge is -1.99. The minimum absolute atomic E-state index is 0.0835. The van der Waals surface area contributed by atoms with Gasteiger partial charge in [-0.25, -0.2) is 0 Å². The Morgan fingerprint density at radius 3 is 3.00 bits per heavy atom. The fourth-order valence-electron chi connectivity index (χ4n) is 1.20. The summed E-state index contributed by atoms with van der Waals surface area (Å²) >= 11 is 3.74. The van der Waals surface area contributed by atoms with Crippen molar-refractivity contribution in [1.82, 2.24) is 10.5 Å². The first-order valence-electron chi connectivity index (χ1n) is 4.59. The molecule has 1 amide bonds. The van der Waals surface area contributed by atoms with Gasteiger partial charge in [0, 0.05) is 11.4 Å². The number of hydrogen-bond acceptors (Lipinski definition) is 4. The Balaban J connectivity index is 1.93. The van der Waals surface area contributed by atoms with E-state index in [0.29, 0.717) is 12.1 Å². The number of halogens is 1. The monoisotopic (exact) mass is 348 g/mol. The number of rotatable bonds is 3. The molecule has 2 rings (SSSR count). The molecule has 0 saturated carbocycles. The highest BCUT2D eigenvalue weighted by atomic mass is 127. The van der Waals surface area contributed by atoms with Gasteiger partial charge >= 0.3 is 0 Å². The average molecular weight is 348 g/mol. The molecule has 0 aliphatic carbocycles. The zero-order valence-electron chi connectivity index (χ0n) is 8.49. The molecule has 0 radical (unpaired) electrons. The zero-order valence-corrected chi connectivity index (χ0v) is 11.5. The van der Waals surface area contributed by atoms with Gasteiger partial charge in [-0.15, -0.1) is 11.3 Å². The van der Waals surface area contributed by atoms with Gasteiger partial charge in [-0.1, -0.05) is 5.16 Å². The predicted molar refractivity (Wildman–Crippen MR) is 69.4 cm³/mol. The van der Waals surface area contributed by atoms with Gasteiger partial charge in [-0.3, -0.25) is 4.79 Å². The second kappa shape index (κ2) is 4.96. The molecular formula is C10H9IN2O2S. The van der Waals surface area contributed by atoms with E-state index in [2.05, 4.69) is 33.1 Å². The van der Waals surface area contributed by atoms with E-state index < -0.39 is 0 Å². The summed E-state index contributed by atoms with van der Waals surface area (Å²) in [6, 6.07) is 3.66. The Bertz CT molecular complexity index is 506. The van der Waals surface area contributed by atoms with Crippen LogP contribution in [0.4, 0.5) is 0 Å². The first-order valence-corrected chi connectivity index (χ1v) is 6.55. The fourth-order valence-corrected chi connectivity index (χ4v) is 2.53. The van der Waals surface area contributed by atoms with Crippen LogP contribution in [0.25, 0.3) is 0 Å². The highest BCUT2D eigenvalue weighted by molar-refractivity contribution is 14.1. The van der Waals surface area contributed by atoms with Crippen LogP contribution in [-0.4, -0.2) is 11.1 Å². The highest BCUT2D eigenvalue weighted by Gasteiger charge is 2.08. The van der Waals surface area contributed by atoms with Gasteiger partial charge in [0.2, 0.25) is 0 Å². The van der Waals surface area contributed by atoms with Crippen LogP contribution in [0, 0.1) is 9.81 Å². The van der Waals surface area contributed by atoms with Gasteiger partial charge in [0.25, 0.3) is 5.91 Å². The summed E-state index contributed by atoms with van der Waals surface area (Å²) in [5.74, 6) is 0.661. The highest BCUT2D eigenvalue weighted by Crippen LogP contribution is 2.16. The van der Waals surface area contributed by atoms with Crippen molar-refractivity contribution in [1.29, 1.82) is 0 Å². The van der Waals surface area contributed by atoms with E-state index in [1.807, 2.05) is 18.4 Å². The molecule has 0 saturated heterocycles. The minimum atomic E-state index is -0.0835. The summed E-state index contributed by atoms with van der Waals surface area (Å²) in [6.45, 7) is 2.21. The summed E-state index contributed by atoms with van der Waals surface area (Å²) in [5.41, 5.74) is 1.42. The Labute approximate surface area is 110 Å². The van der Waals surface area contributed by atoms with Gasteiger partial charge in [0.05, 0.1) is 15.0 Å². The number of amides is 1. The first kappa shape index (κ1) is 11.6. The Morgan fingerprint density at radius 1 is 1.62 bits per heavy atom. The molecule has 2 aromatic heterocycles. The maximum atomic E-state index is 11.7. The summed E-state index contributed by atoms with van der Waals surface area (Å²) in [5, 5.41) is 8.42. The van der Waals surface area contributed by atoms with Gasteiger partial charge in [0.15, 0.2) is 0 Å². The fraction of sp³-hybridized carbons (Fsp3) is 0.200. The summed E-state index contributed by atoms with van der Waals surface area (Å²) in [7, 11) is 0. The van der Waals surface area contributed by atoms with Crippen LogP contribution in [0.15, 0.2) is 22.0 Å². The van der Waals surface area contributed by atoms with Crippen LogP contribution >= 0.6 is 33.9 Å². The molecule has 0 aliphatic rings. The van der Waals surface area contributed by atoms with Crippen LogP contribution in [-0.2, 0) is 6.54 Å². The second-order valence-corrected chi connectivity index (χ2v) is 6.06. The molecule has 4 nitrogen and oxygen atoms in total. The summed E-state index contributed by atoms with van der Waals surface area (Å²) < 4.78 is 6.00. The molecule has 84 valence electrons. The van der Waals surface area contributed by atoms with E-state index in [0.717, 1.165) is 14.3 Å². The number of nitrogens with zero attached hydrogens (tertiary/aromatic N) is 1. The van der Waals surface area contributed by atoms with Gasteiger partial charge in [-0.05, 0) is 35.6 Å². The molecule has 0 spiro atoms. The quantitative estimate of drug-likeness (QED) is 0.868. The summed E-state index contributed by atoms with van der Waals surface area (Å²) in [6.07, 6.45) is 0. The van der Waals surface area contributed by atoms with E-state index in [9.17, 15) is 4.79 Å². The largest absolute Gasteiger partial charge is 0.361 e. The molecule has 0 fully saturated rings. The van der Waals surface area contributed by atoms with E-state index in [1.165, 1.54) is 0 Å². The van der Waals surface area contributed by atoms with Crippen molar-refractivity contribution < 1.29 is 9.32 Å². The van der Waals surface area contributed by atoms with E-state index in [4.69, 9.17) is 4.52 Å². The maximum absolute atomic E-state index is 11.7. The van der Waals surface area contributed by atoms with Crippen molar-refractivity contribution in [2.75, 3.05) is 0 Å². The van der Waals surface area contributed by atoms with Crippen molar-refractivity contribution in [3.8, 4) is 0 Å². The van der Waals surface area contributed by atoms with Crippen LogP contribution in [0.1, 0.15) is 21.8 Å². The molecule has 6 heteroatoms. The molecule has 2 heterocycles. The lowest BCUT2D eigenvalue weighted by molar-refractivity contribution is 0.0950. The molecule has 0 bridgehead atoms. The van der Waals surface area contributed by atoms with Crippen LogP contribution < -0.4 is 5.32 Å². The van der Waals surface area contributed by atoms with Gasteiger partial charge in [-0.2, -0.15) is 0 Å². The number of carbonyl (C=O) groups is 1. The lowest BCUT2D eigenvalue weighted by Crippen LogP contribution is -2.22. The Morgan fingerprint density at radius 2 is 2.44 bits per heavy atom.